The van der Waals surface area contributed by atoms with Crippen molar-refractivity contribution >= 4 is 26.9 Å². The summed E-state index contributed by atoms with van der Waals surface area (Å²) in [5.74, 6) is 0.147. The van der Waals surface area contributed by atoms with Crippen molar-refractivity contribution in [3.05, 3.63) is 65.4 Å². The van der Waals surface area contributed by atoms with Crippen LogP contribution in [0.1, 0.15) is 42.6 Å². The third kappa shape index (κ3) is 4.81. The van der Waals surface area contributed by atoms with Gasteiger partial charge in [0.1, 0.15) is 17.4 Å². The molecule has 8 heteroatoms. The van der Waals surface area contributed by atoms with Gasteiger partial charge < -0.3 is 4.42 Å². The average Bonchev–Trinajstić information content (AvgIpc) is 3.16. The van der Waals surface area contributed by atoms with Crippen LogP contribution in [0.2, 0.25) is 0 Å². The molecule has 1 heterocycles. The number of nitrogens with one attached hydrogen (secondary N) is 2. The van der Waals surface area contributed by atoms with E-state index in [4.69, 9.17) is 9.62 Å². The Bertz CT molecular complexity index is 1170. The van der Waals surface area contributed by atoms with Crippen molar-refractivity contribution < 1.29 is 22.8 Å². The van der Waals surface area contributed by atoms with E-state index in [0.29, 0.717) is 18.4 Å². The van der Waals surface area contributed by atoms with Gasteiger partial charge >= 0.3 is 0 Å². The summed E-state index contributed by atoms with van der Waals surface area (Å²) in [7, 11) is -3.98. The molecule has 0 unspecified atom stereocenters. The lowest BCUT2D eigenvalue weighted by Gasteiger charge is -2.17. The summed E-state index contributed by atoms with van der Waals surface area (Å²) >= 11 is 0. The van der Waals surface area contributed by atoms with Crippen LogP contribution in [0, 0.1) is 0 Å². The number of carbonyl (C=O) groups is 1. The van der Waals surface area contributed by atoms with Crippen molar-refractivity contribution in [2.45, 2.75) is 55.9 Å². The molecular weight excluding hydrogens is 416 g/mol. The number of sulfonamides is 1. The van der Waals surface area contributed by atoms with Crippen LogP contribution in [-0.4, -0.2) is 25.6 Å². The SMILES string of the molecule is O=C(NO)[C@@H](CCCc1ccccc1)NS(=O)(=O)c1ccc2c3c(oc2c1)CCCC3. The van der Waals surface area contributed by atoms with Gasteiger partial charge in [-0.2, -0.15) is 4.72 Å². The minimum absolute atomic E-state index is 0.0323. The van der Waals surface area contributed by atoms with Crippen molar-refractivity contribution in [3.8, 4) is 0 Å². The fraction of sp³-hybridized carbons (Fsp3) is 0.348. The lowest BCUT2D eigenvalue weighted by atomic mass is 9.96. The van der Waals surface area contributed by atoms with Crippen molar-refractivity contribution in [2.24, 2.45) is 0 Å². The Labute approximate surface area is 181 Å². The maximum Gasteiger partial charge on any atom is 0.261 e. The third-order valence-corrected chi connectivity index (χ3v) is 7.23. The number of hydroxylamine groups is 1. The van der Waals surface area contributed by atoms with E-state index in [1.165, 1.54) is 12.1 Å². The number of fused-ring (bicyclic) bond motifs is 3. The van der Waals surface area contributed by atoms with E-state index in [2.05, 4.69) is 4.72 Å². The van der Waals surface area contributed by atoms with E-state index in [9.17, 15) is 13.2 Å². The van der Waals surface area contributed by atoms with Crippen LogP contribution >= 0.6 is 0 Å². The van der Waals surface area contributed by atoms with Gasteiger partial charge in [-0.1, -0.05) is 30.3 Å². The first-order valence-electron chi connectivity index (χ1n) is 10.5. The normalized spacial score (nSPS) is 14.9. The van der Waals surface area contributed by atoms with Gasteiger partial charge in [-0.3, -0.25) is 10.0 Å². The van der Waals surface area contributed by atoms with Crippen LogP contribution < -0.4 is 10.2 Å². The molecule has 0 aliphatic heterocycles. The molecule has 4 rings (SSSR count). The Kier molecular flexibility index (Phi) is 6.41. The molecule has 1 aliphatic carbocycles. The molecule has 1 atom stereocenters. The van der Waals surface area contributed by atoms with Gasteiger partial charge in [0.2, 0.25) is 10.0 Å². The fourth-order valence-corrected chi connectivity index (χ4v) is 5.39. The van der Waals surface area contributed by atoms with Gasteiger partial charge in [0.25, 0.3) is 5.91 Å². The van der Waals surface area contributed by atoms with E-state index >= 15 is 0 Å². The molecule has 0 spiro atoms. The lowest BCUT2D eigenvalue weighted by Crippen LogP contribution is -2.45. The highest BCUT2D eigenvalue weighted by atomic mass is 32.2. The van der Waals surface area contributed by atoms with Gasteiger partial charge in [-0.15, -0.1) is 0 Å². The highest BCUT2D eigenvalue weighted by Gasteiger charge is 2.26. The predicted octanol–water partition coefficient (Wildman–Crippen LogP) is 3.49. The zero-order valence-corrected chi connectivity index (χ0v) is 18.0. The number of aryl methyl sites for hydroxylation is 3. The number of carbonyl (C=O) groups excluding carboxylic acids is 1. The zero-order chi connectivity index (χ0) is 21.8. The molecule has 0 saturated heterocycles. The molecule has 0 radical (unpaired) electrons. The zero-order valence-electron chi connectivity index (χ0n) is 17.1. The molecule has 1 amide bonds. The first-order valence-corrected chi connectivity index (χ1v) is 12.0. The quantitative estimate of drug-likeness (QED) is 0.366. The summed E-state index contributed by atoms with van der Waals surface area (Å²) in [6.45, 7) is 0. The summed E-state index contributed by atoms with van der Waals surface area (Å²) < 4.78 is 34.3. The lowest BCUT2D eigenvalue weighted by molar-refractivity contribution is -0.131. The van der Waals surface area contributed by atoms with Crippen LogP contribution in [0.4, 0.5) is 0 Å². The van der Waals surface area contributed by atoms with Crippen molar-refractivity contribution in [1.29, 1.82) is 0 Å². The molecule has 3 N–H and O–H groups in total. The topological polar surface area (TPSA) is 109 Å². The Balaban J connectivity index is 1.50. The molecule has 3 aromatic rings. The number of amides is 1. The molecule has 0 saturated carbocycles. The second-order valence-electron chi connectivity index (χ2n) is 7.90. The van der Waals surface area contributed by atoms with Crippen molar-refractivity contribution in [2.75, 3.05) is 0 Å². The standard InChI is InChI=1S/C23H26N2O5S/c26-23(24-27)20(11-6-9-16-7-2-1-3-8-16)25-31(28,29)17-13-14-19-18-10-4-5-12-21(18)30-22(19)15-17/h1-3,7-8,13-15,20,25,27H,4-6,9-12H2,(H,24,26)/t20-/m1/s1. The molecule has 0 bridgehead atoms. The second kappa shape index (κ2) is 9.21. The summed E-state index contributed by atoms with van der Waals surface area (Å²) in [5, 5.41) is 10.0. The number of hydrogen-bond donors (Lipinski definition) is 3. The van der Waals surface area contributed by atoms with Crippen LogP contribution in [0.5, 0.6) is 0 Å². The van der Waals surface area contributed by atoms with E-state index in [1.54, 1.807) is 11.5 Å². The van der Waals surface area contributed by atoms with Gasteiger partial charge in [-0.05, 0) is 56.2 Å². The number of furan rings is 1. The molecule has 7 nitrogen and oxygen atoms in total. The molecule has 0 fully saturated rings. The van der Waals surface area contributed by atoms with E-state index in [1.807, 2.05) is 30.3 Å². The minimum atomic E-state index is -3.98. The second-order valence-corrected chi connectivity index (χ2v) is 9.61. The molecule has 1 aromatic heterocycles. The predicted molar refractivity (Wildman–Crippen MR) is 116 cm³/mol. The first kappa shape index (κ1) is 21.5. The van der Waals surface area contributed by atoms with E-state index in [0.717, 1.165) is 48.0 Å². The van der Waals surface area contributed by atoms with Crippen molar-refractivity contribution in [1.82, 2.24) is 10.2 Å². The molecule has 31 heavy (non-hydrogen) atoms. The number of hydrogen-bond acceptors (Lipinski definition) is 5. The average molecular weight is 443 g/mol. The van der Waals surface area contributed by atoms with Crippen LogP contribution in [0.25, 0.3) is 11.0 Å². The molecule has 2 aromatic carbocycles. The monoisotopic (exact) mass is 442 g/mol. The highest BCUT2D eigenvalue weighted by Crippen LogP contribution is 2.33. The van der Waals surface area contributed by atoms with E-state index < -0.39 is 22.0 Å². The molecule has 1 aliphatic rings. The number of rotatable bonds is 8. The Morgan fingerprint density at radius 1 is 1.10 bits per heavy atom. The number of benzene rings is 2. The van der Waals surface area contributed by atoms with Crippen molar-refractivity contribution in [3.63, 3.8) is 0 Å². The van der Waals surface area contributed by atoms with E-state index in [-0.39, 0.29) is 11.3 Å². The maximum atomic E-state index is 13.0. The fourth-order valence-electron chi connectivity index (χ4n) is 4.14. The summed E-state index contributed by atoms with van der Waals surface area (Å²) in [6.07, 6.45) is 5.50. The Morgan fingerprint density at radius 3 is 2.65 bits per heavy atom. The van der Waals surface area contributed by atoms with Crippen LogP contribution in [0.15, 0.2) is 57.8 Å². The Hall–Kier alpha value is -2.68. The van der Waals surface area contributed by atoms with Gasteiger partial charge in [0, 0.05) is 23.4 Å². The summed E-state index contributed by atoms with van der Waals surface area (Å²) in [5.41, 5.74) is 4.37. The summed E-state index contributed by atoms with van der Waals surface area (Å²) in [4.78, 5) is 12.1. The maximum absolute atomic E-state index is 13.0. The first-order chi connectivity index (χ1) is 15.0. The third-order valence-electron chi connectivity index (χ3n) is 5.76. The summed E-state index contributed by atoms with van der Waals surface area (Å²) in [6, 6.07) is 13.5. The van der Waals surface area contributed by atoms with Gasteiger partial charge in [0.05, 0.1) is 4.90 Å². The molecular formula is C23H26N2O5S. The Morgan fingerprint density at radius 2 is 1.87 bits per heavy atom. The smallest absolute Gasteiger partial charge is 0.261 e. The molecule has 164 valence electrons. The van der Waals surface area contributed by atoms with Gasteiger partial charge in [-0.25, -0.2) is 13.9 Å². The highest BCUT2D eigenvalue weighted by molar-refractivity contribution is 7.89. The van der Waals surface area contributed by atoms with Crippen LogP contribution in [0.3, 0.4) is 0 Å². The minimum Gasteiger partial charge on any atom is -0.461 e. The van der Waals surface area contributed by atoms with Crippen LogP contribution in [-0.2, 0) is 34.1 Å². The largest absolute Gasteiger partial charge is 0.461 e. The van der Waals surface area contributed by atoms with Gasteiger partial charge in [0.15, 0.2) is 0 Å².